The highest BCUT2D eigenvalue weighted by Gasteiger charge is 2.18. The number of nitrogens with zero attached hydrogens (tertiary/aromatic N) is 1. The van der Waals surface area contributed by atoms with E-state index in [1.165, 1.54) is 0 Å². The van der Waals surface area contributed by atoms with Crippen LogP contribution in [0.4, 0.5) is 0 Å². The van der Waals surface area contributed by atoms with Crippen LogP contribution in [-0.2, 0) is 11.2 Å². The fourth-order valence-electron chi connectivity index (χ4n) is 2.58. The number of aromatic amines is 2. The average Bonchev–Trinajstić information content (AvgIpc) is 2.50. The second kappa shape index (κ2) is 7.72. The van der Waals surface area contributed by atoms with Crippen molar-refractivity contribution in [2.24, 2.45) is 5.92 Å². The van der Waals surface area contributed by atoms with Gasteiger partial charge in [-0.15, -0.1) is 0 Å². The monoisotopic (exact) mass is 330 g/mol. The smallest absolute Gasteiger partial charge is 0.325 e. The van der Waals surface area contributed by atoms with Crippen LogP contribution in [0.25, 0.3) is 0 Å². The molecule has 0 aromatic carbocycles. The molecule has 0 aliphatic carbocycles. The minimum Gasteiger partial charge on any atom is -0.349 e. The predicted octanol–water partition coefficient (Wildman–Crippen LogP) is 1.21. The lowest BCUT2D eigenvalue weighted by Crippen LogP contribution is -2.34. The Balaban J connectivity index is 2.17. The van der Waals surface area contributed by atoms with E-state index in [0.29, 0.717) is 11.6 Å². The molecule has 0 radical (unpaired) electrons. The van der Waals surface area contributed by atoms with Gasteiger partial charge in [0.2, 0.25) is 5.91 Å². The van der Waals surface area contributed by atoms with Gasteiger partial charge in [-0.05, 0) is 30.9 Å². The number of hydrogen-bond donors (Lipinski definition) is 3. The third-order valence-corrected chi connectivity index (χ3v) is 3.72. The molecule has 7 nitrogen and oxygen atoms in total. The van der Waals surface area contributed by atoms with Crippen molar-refractivity contribution in [2.45, 2.75) is 39.7 Å². The molecular weight excluding hydrogens is 308 g/mol. The van der Waals surface area contributed by atoms with E-state index in [1.807, 2.05) is 12.1 Å². The van der Waals surface area contributed by atoms with Gasteiger partial charge in [0, 0.05) is 23.7 Å². The van der Waals surface area contributed by atoms with Crippen LogP contribution in [0.1, 0.15) is 43.1 Å². The number of carbonyl (C=O) groups is 1. The summed E-state index contributed by atoms with van der Waals surface area (Å²) in [4.78, 5) is 44.2. The quantitative estimate of drug-likeness (QED) is 0.740. The molecule has 0 spiro atoms. The zero-order valence-electron chi connectivity index (χ0n) is 14.1. The van der Waals surface area contributed by atoms with E-state index >= 15 is 0 Å². The minimum absolute atomic E-state index is 0.0905. The highest BCUT2D eigenvalue weighted by molar-refractivity contribution is 5.79. The summed E-state index contributed by atoms with van der Waals surface area (Å²) in [7, 11) is 0. The maximum absolute atomic E-state index is 12.4. The number of nitrogens with one attached hydrogen (secondary N) is 3. The van der Waals surface area contributed by atoms with Gasteiger partial charge in [0.25, 0.3) is 5.56 Å². The first kappa shape index (κ1) is 17.7. The van der Waals surface area contributed by atoms with E-state index in [2.05, 4.69) is 34.1 Å². The summed E-state index contributed by atoms with van der Waals surface area (Å²) in [6.07, 6.45) is 4.08. The summed E-state index contributed by atoms with van der Waals surface area (Å²) in [5.74, 6) is 0.110. The van der Waals surface area contributed by atoms with Gasteiger partial charge in [-0.3, -0.25) is 19.6 Å². The molecular formula is C17H22N4O3. The van der Waals surface area contributed by atoms with E-state index in [4.69, 9.17) is 0 Å². The van der Waals surface area contributed by atoms with Gasteiger partial charge in [-0.2, -0.15) is 0 Å². The van der Waals surface area contributed by atoms with Crippen molar-refractivity contribution in [3.63, 3.8) is 0 Å². The summed E-state index contributed by atoms with van der Waals surface area (Å²) in [5, 5.41) is 2.96. The van der Waals surface area contributed by atoms with Gasteiger partial charge in [0.15, 0.2) is 0 Å². The maximum Gasteiger partial charge on any atom is 0.325 e. The molecule has 2 heterocycles. The molecule has 2 rings (SSSR count). The van der Waals surface area contributed by atoms with Crippen molar-refractivity contribution < 1.29 is 4.79 Å². The molecule has 0 aliphatic heterocycles. The van der Waals surface area contributed by atoms with Gasteiger partial charge in [-0.25, -0.2) is 4.79 Å². The molecule has 1 amide bonds. The molecule has 0 bridgehead atoms. The molecule has 1 unspecified atom stereocenters. The Hall–Kier alpha value is -2.70. The molecule has 0 fully saturated rings. The number of amides is 1. The van der Waals surface area contributed by atoms with Crippen LogP contribution < -0.4 is 16.6 Å². The highest BCUT2D eigenvalue weighted by atomic mass is 16.2. The van der Waals surface area contributed by atoms with Crippen LogP contribution in [-0.4, -0.2) is 20.9 Å². The van der Waals surface area contributed by atoms with Gasteiger partial charge in [-0.1, -0.05) is 19.9 Å². The van der Waals surface area contributed by atoms with Crippen LogP contribution >= 0.6 is 0 Å². The summed E-state index contributed by atoms with van der Waals surface area (Å²) >= 11 is 0. The lowest BCUT2D eigenvalue weighted by molar-refractivity contribution is -0.121. The first-order valence-electron chi connectivity index (χ1n) is 7.88. The first-order chi connectivity index (χ1) is 11.4. The zero-order valence-corrected chi connectivity index (χ0v) is 14.1. The predicted molar refractivity (Wildman–Crippen MR) is 90.7 cm³/mol. The van der Waals surface area contributed by atoms with E-state index in [9.17, 15) is 14.4 Å². The second-order valence-corrected chi connectivity index (χ2v) is 6.22. The third kappa shape index (κ3) is 4.65. The van der Waals surface area contributed by atoms with Gasteiger partial charge in [0.05, 0.1) is 12.5 Å². The SMILES string of the molecule is Cc1[nH]c(=O)[nH]c(=O)c1CC(=O)NC(CC(C)C)c1cccnc1. The molecule has 7 heteroatoms. The summed E-state index contributed by atoms with van der Waals surface area (Å²) in [6.45, 7) is 5.75. The molecule has 24 heavy (non-hydrogen) atoms. The van der Waals surface area contributed by atoms with Crippen molar-refractivity contribution in [3.8, 4) is 0 Å². The zero-order chi connectivity index (χ0) is 17.7. The lowest BCUT2D eigenvalue weighted by Gasteiger charge is -2.21. The van der Waals surface area contributed by atoms with Crippen LogP contribution in [0.2, 0.25) is 0 Å². The number of carbonyl (C=O) groups excluding carboxylic acids is 1. The number of pyridine rings is 1. The third-order valence-electron chi connectivity index (χ3n) is 3.72. The molecule has 0 saturated heterocycles. The number of aromatic nitrogens is 3. The van der Waals surface area contributed by atoms with Gasteiger partial charge >= 0.3 is 5.69 Å². The largest absolute Gasteiger partial charge is 0.349 e. The number of rotatable bonds is 6. The molecule has 0 saturated carbocycles. The fraction of sp³-hybridized carbons (Fsp3) is 0.412. The average molecular weight is 330 g/mol. The summed E-state index contributed by atoms with van der Waals surface area (Å²) < 4.78 is 0. The summed E-state index contributed by atoms with van der Waals surface area (Å²) in [6, 6.07) is 3.57. The van der Waals surface area contributed by atoms with Crippen molar-refractivity contribution in [1.82, 2.24) is 20.3 Å². The Bertz CT molecular complexity index is 809. The highest BCUT2D eigenvalue weighted by Crippen LogP contribution is 2.20. The first-order valence-corrected chi connectivity index (χ1v) is 7.88. The Morgan fingerprint density at radius 1 is 1.29 bits per heavy atom. The molecule has 128 valence electrons. The topological polar surface area (TPSA) is 108 Å². The maximum atomic E-state index is 12.4. The van der Waals surface area contributed by atoms with E-state index in [0.717, 1.165) is 12.0 Å². The number of hydrogen-bond acceptors (Lipinski definition) is 4. The molecule has 3 N–H and O–H groups in total. The van der Waals surface area contributed by atoms with Crippen molar-refractivity contribution >= 4 is 5.91 Å². The summed E-state index contributed by atoms with van der Waals surface area (Å²) in [5.41, 5.74) is 0.483. The van der Waals surface area contributed by atoms with Crippen LogP contribution in [0.3, 0.4) is 0 Å². The second-order valence-electron chi connectivity index (χ2n) is 6.22. The van der Waals surface area contributed by atoms with Crippen molar-refractivity contribution in [3.05, 3.63) is 62.2 Å². The normalized spacial score (nSPS) is 12.2. The Morgan fingerprint density at radius 3 is 2.62 bits per heavy atom. The molecule has 0 aliphatic rings. The molecule has 2 aromatic rings. The fourth-order valence-corrected chi connectivity index (χ4v) is 2.58. The molecule has 2 aromatic heterocycles. The van der Waals surface area contributed by atoms with E-state index < -0.39 is 11.2 Å². The van der Waals surface area contributed by atoms with E-state index in [1.54, 1.807) is 19.3 Å². The number of aryl methyl sites for hydroxylation is 1. The lowest BCUT2D eigenvalue weighted by atomic mass is 9.98. The standard InChI is InChI=1S/C17H22N4O3/c1-10(2)7-14(12-5-4-6-18-9-12)20-15(22)8-13-11(3)19-17(24)21-16(13)23/h4-6,9-10,14H,7-8H2,1-3H3,(H,20,22)(H2,19,21,23,24). The van der Waals surface area contributed by atoms with Crippen LogP contribution in [0, 0.1) is 12.8 Å². The Morgan fingerprint density at radius 2 is 2.04 bits per heavy atom. The van der Waals surface area contributed by atoms with Gasteiger partial charge in [0.1, 0.15) is 0 Å². The number of H-pyrrole nitrogens is 2. The Labute approximate surface area is 139 Å². The van der Waals surface area contributed by atoms with Crippen molar-refractivity contribution in [2.75, 3.05) is 0 Å². The minimum atomic E-state index is -0.574. The molecule has 1 atom stereocenters. The van der Waals surface area contributed by atoms with E-state index in [-0.39, 0.29) is 23.9 Å². The Kier molecular flexibility index (Phi) is 5.68. The van der Waals surface area contributed by atoms with Gasteiger partial charge < -0.3 is 10.3 Å². The van der Waals surface area contributed by atoms with Crippen LogP contribution in [0.5, 0.6) is 0 Å². The van der Waals surface area contributed by atoms with Crippen LogP contribution in [0.15, 0.2) is 34.1 Å². The van der Waals surface area contributed by atoms with Crippen molar-refractivity contribution in [1.29, 1.82) is 0 Å².